The Morgan fingerprint density at radius 3 is 2.53 bits per heavy atom. The van der Waals surface area contributed by atoms with Crippen molar-refractivity contribution in [1.82, 2.24) is 5.32 Å². The summed E-state index contributed by atoms with van der Waals surface area (Å²) in [5.41, 5.74) is 11.1. The fraction of sp³-hybridized carbons (Fsp3) is 0.188. The van der Waals surface area contributed by atoms with Gasteiger partial charge >= 0.3 is 0 Å². The minimum absolute atomic E-state index is 0.441. The van der Waals surface area contributed by atoms with Crippen molar-refractivity contribution in [1.29, 1.82) is 5.41 Å². The van der Waals surface area contributed by atoms with E-state index >= 15 is 0 Å². The number of benzene rings is 1. The molecule has 0 saturated carbocycles. The minimum atomic E-state index is 0.441. The predicted molar refractivity (Wildman–Crippen MR) is 80.9 cm³/mol. The van der Waals surface area contributed by atoms with Crippen molar-refractivity contribution in [2.24, 2.45) is 5.73 Å². The summed E-state index contributed by atoms with van der Waals surface area (Å²) in [6, 6.07) is 8.24. The largest absolute Gasteiger partial charge is 0.398 e. The molecule has 0 unspecified atom stereocenters. The molecule has 0 amide bonds. The zero-order valence-corrected chi connectivity index (χ0v) is 11.3. The lowest BCUT2D eigenvalue weighted by Gasteiger charge is -2.18. The lowest BCUT2D eigenvalue weighted by molar-refractivity contribution is 0.934. The topological polar surface area (TPSA) is 61.9 Å². The highest BCUT2D eigenvalue weighted by molar-refractivity contribution is 6.15. The SMILES string of the molecule is CCN/C(=C1\C(=N)C=CC=C1N)c1ccc(C)cc1. The van der Waals surface area contributed by atoms with Crippen LogP contribution in [0.3, 0.4) is 0 Å². The Labute approximate surface area is 114 Å². The van der Waals surface area contributed by atoms with E-state index < -0.39 is 0 Å². The van der Waals surface area contributed by atoms with Crippen LogP contribution in [0.5, 0.6) is 0 Å². The lowest BCUT2D eigenvalue weighted by atomic mass is 9.96. The second-order valence-corrected chi connectivity index (χ2v) is 4.54. The van der Waals surface area contributed by atoms with Gasteiger partial charge in [0.15, 0.2) is 0 Å². The van der Waals surface area contributed by atoms with E-state index in [9.17, 15) is 0 Å². The fourth-order valence-corrected chi connectivity index (χ4v) is 2.08. The van der Waals surface area contributed by atoms with Gasteiger partial charge in [-0.2, -0.15) is 0 Å². The molecule has 2 rings (SSSR count). The molecule has 0 heterocycles. The van der Waals surface area contributed by atoms with Crippen molar-refractivity contribution in [3.8, 4) is 0 Å². The number of allylic oxidation sites excluding steroid dienone is 4. The number of nitrogens with one attached hydrogen (secondary N) is 2. The van der Waals surface area contributed by atoms with Crippen LogP contribution in [0.25, 0.3) is 5.70 Å². The summed E-state index contributed by atoms with van der Waals surface area (Å²) in [7, 11) is 0. The molecule has 0 fully saturated rings. The molecule has 0 saturated heterocycles. The molecule has 3 heteroatoms. The van der Waals surface area contributed by atoms with E-state index in [1.54, 1.807) is 12.2 Å². The minimum Gasteiger partial charge on any atom is -0.398 e. The third-order valence-electron chi connectivity index (χ3n) is 3.04. The van der Waals surface area contributed by atoms with E-state index in [1.807, 2.05) is 13.0 Å². The Bertz CT molecular complexity index is 575. The second kappa shape index (κ2) is 5.57. The molecular weight excluding hydrogens is 234 g/mol. The number of nitrogens with two attached hydrogens (primary N) is 1. The van der Waals surface area contributed by atoms with Gasteiger partial charge in [0, 0.05) is 17.8 Å². The normalized spacial score (nSPS) is 17.2. The first-order valence-corrected chi connectivity index (χ1v) is 6.41. The quantitative estimate of drug-likeness (QED) is 0.775. The first kappa shape index (κ1) is 13.1. The van der Waals surface area contributed by atoms with Crippen molar-refractivity contribution in [3.63, 3.8) is 0 Å². The molecule has 0 bridgehead atoms. The molecule has 0 atom stereocenters. The van der Waals surface area contributed by atoms with Gasteiger partial charge < -0.3 is 16.5 Å². The summed E-state index contributed by atoms with van der Waals surface area (Å²) in [5.74, 6) is 0. The van der Waals surface area contributed by atoms with E-state index in [0.717, 1.165) is 23.4 Å². The first-order valence-electron chi connectivity index (χ1n) is 6.41. The summed E-state index contributed by atoms with van der Waals surface area (Å²) in [6.45, 7) is 4.89. The van der Waals surface area contributed by atoms with Crippen LogP contribution in [0, 0.1) is 12.3 Å². The maximum Gasteiger partial charge on any atom is 0.0654 e. The number of hydrogen-bond acceptors (Lipinski definition) is 3. The van der Waals surface area contributed by atoms with Gasteiger partial charge in [0.2, 0.25) is 0 Å². The molecule has 0 spiro atoms. The molecule has 1 aromatic carbocycles. The third-order valence-corrected chi connectivity index (χ3v) is 3.04. The summed E-state index contributed by atoms with van der Waals surface area (Å²) >= 11 is 0. The van der Waals surface area contributed by atoms with E-state index in [2.05, 4.69) is 36.5 Å². The predicted octanol–water partition coefficient (Wildman–Crippen LogP) is 2.75. The van der Waals surface area contributed by atoms with E-state index in [1.165, 1.54) is 5.56 Å². The first-order chi connectivity index (χ1) is 9.13. The highest BCUT2D eigenvalue weighted by Crippen LogP contribution is 2.23. The number of aryl methyl sites for hydroxylation is 1. The Hall–Kier alpha value is -2.29. The summed E-state index contributed by atoms with van der Waals surface area (Å²) < 4.78 is 0. The van der Waals surface area contributed by atoms with Gasteiger partial charge in [-0.3, -0.25) is 0 Å². The van der Waals surface area contributed by atoms with Crippen molar-refractivity contribution >= 4 is 11.4 Å². The molecule has 4 N–H and O–H groups in total. The molecule has 1 aromatic rings. The third kappa shape index (κ3) is 2.76. The standard InChI is InChI=1S/C16H19N3/c1-3-19-16(12-9-7-11(2)8-10-12)15-13(17)5-4-6-14(15)18/h4-10,17,19H,3,18H2,1-2H3/b16-15+,17-13?. The summed E-state index contributed by atoms with van der Waals surface area (Å²) in [4.78, 5) is 0. The van der Waals surface area contributed by atoms with Crippen molar-refractivity contribution < 1.29 is 0 Å². The summed E-state index contributed by atoms with van der Waals surface area (Å²) in [5, 5.41) is 11.4. The van der Waals surface area contributed by atoms with Crippen molar-refractivity contribution in [2.75, 3.05) is 6.54 Å². The van der Waals surface area contributed by atoms with Crippen LogP contribution >= 0.6 is 0 Å². The molecule has 98 valence electrons. The Morgan fingerprint density at radius 2 is 1.95 bits per heavy atom. The van der Waals surface area contributed by atoms with Gasteiger partial charge in [0.05, 0.1) is 11.4 Å². The average molecular weight is 253 g/mol. The van der Waals surface area contributed by atoms with Crippen LogP contribution in [-0.4, -0.2) is 12.3 Å². The van der Waals surface area contributed by atoms with Crippen molar-refractivity contribution in [3.05, 3.63) is 64.9 Å². The Balaban J connectivity index is 2.56. The Morgan fingerprint density at radius 1 is 1.26 bits per heavy atom. The number of hydrogen-bond donors (Lipinski definition) is 3. The van der Waals surface area contributed by atoms with Crippen LogP contribution in [0.2, 0.25) is 0 Å². The molecular formula is C16H19N3. The van der Waals surface area contributed by atoms with Crippen LogP contribution in [0.4, 0.5) is 0 Å². The van der Waals surface area contributed by atoms with E-state index in [-0.39, 0.29) is 0 Å². The molecule has 3 nitrogen and oxygen atoms in total. The highest BCUT2D eigenvalue weighted by atomic mass is 14.9. The summed E-state index contributed by atoms with van der Waals surface area (Å²) in [6.07, 6.45) is 5.40. The van der Waals surface area contributed by atoms with Crippen LogP contribution in [0.15, 0.2) is 53.8 Å². The van der Waals surface area contributed by atoms with Gasteiger partial charge in [0.1, 0.15) is 0 Å². The average Bonchev–Trinajstić information content (AvgIpc) is 2.38. The second-order valence-electron chi connectivity index (χ2n) is 4.54. The lowest BCUT2D eigenvalue weighted by Crippen LogP contribution is -2.21. The van der Waals surface area contributed by atoms with Gasteiger partial charge in [-0.1, -0.05) is 35.9 Å². The molecule has 19 heavy (non-hydrogen) atoms. The molecule has 0 aromatic heterocycles. The smallest absolute Gasteiger partial charge is 0.0654 e. The highest BCUT2D eigenvalue weighted by Gasteiger charge is 2.16. The van der Waals surface area contributed by atoms with Gasteiger partial charge in [-0.25, -0.2) is 0 Å². The molecule has 0 radical (unpaired) electrons. The molecule has 0 aliphatic heterocycles. The monoisotopic (exact) mass is 253 g/mol. The van der Waals surface area contributed by atoms with E-state index in [4.69, 9.17) is 11.1 Å². The van der Waals surface area contributed by atoms with Gasteiger partial charge in [-0.05, 0) is 31.6 Å². The van der Waals surface area contributed by atoms with Crippen LogP contribution in [-0.2, 0) is 0 Å². The molecule has 1 aliphatic carbocycles. The number of rotatable bonds is 3. The maximum atomic E-state index is 8.07. The van der Waals surface area contributed by atoms with Crippen LogP contribution < -0.4 is 11.1 Å². The van der Waals surface area contributed by atoms with Crippen LogP contribution in [0.1, 0.15) is 18.1 Å². The zero-order valence-electron chi connectivity index (χ0n) is 11.3. The maximum absolute atomic E-state index is 8.07. The van der Waals surface area contributed by atoms with Gasteiger partial charge in [0.25, 0.3) is 0 Å². The fourth-order valence-electron chi connectivity index (χ4n) is 2.08. The Kier molecular flexibility index (Phi) is 3.85. The zero-order chi connectivity index (χ0) is 13.8. The van der Waals surface area contributed by atoms with E-state index in [0.29, 0.717) is 11.4 Å². The van der Waals surface area contributed by atoms with Gasteiger partial charge in [-0.15, -0.1) is 0 Å². The molecule has 1 aliphatic rings. The van der Waals surface area contributed by atoms with Crippen molar-refractivity contribution in [2.45, 2.75) is 13.8 Å².